The zero-order valence-corrected chi connectivity index (χ0v) is 19.6. The molecule has 0 bridgehead atoms. The zero-order chi connectivity index (χ0) is 23.2. The molecule has 0 saturated carbocycles. The first-order chi connectivity index (χ1) is 16.0. The van der Waals surface area contributed by atoms with Crippen LogP contribution in [-0.2, 0) is 27.2 Å². The Bertz CT molecular complexity index is 1120. The second-order valence-electron chi connectivity index (χ2n) is 7.82. The fourth-order valence-electron chi connectivity index (χ4n) is 3.67. The molecular weight excluding hydrogens is 438 g/mol. The van der Waals surface area contributed by atoms with Gasteiger partial charge < -0.3 is 14.8 Å². The number of nitrogens with zero attached hydrogens (tertiary/aromatic N) is 2. The molecule has 7 nitrogen and oxygen atoms in total. The van der Waals surface area contributed by atoms with Gasteiger partial charge in [-0.05, 0) is 37.1 Å². The lowest BCUT2D eigenvalue weighted by molar-refractivity contribution is -0.128. The highest BCUT2D eigenvalue weighted by Crippen LogP contribution is 2.37. The highest BCUT2D eigenvalue weighted by molar-refractivity contribution is 7.09. The van der Waals surface area contributed by atoms with Gasteiger partial charge in [0.2, 0.25) is 5.91 Å². The quantitative estimate of drug-likeness (QED) is 0.523. The van der Waals surface area contributed by atoms with E-state index < -0.39 is 6.10 Å². The van der Waals surface area contributed by atoms with Gasteiger partial charge in [-0.3, -0.25) is 14.5 Å². The summed E-state index contributed by atoms with van der Waals surface area (Å²) in [4.78, 5) is 31.7. The number of hydrogen-bond acceptors (Lipinski definition) is 6. The first-order valence-electron chi connectivity index (χ1n) is 10.9. The number of rotatable bonds is 9. The Kier molecular flexibility index (Phi) is 7.36. The Morgan fingerprint density at radius 1 is 1.21 bits per heavy atom. The monoisotopic (exact) mass is 465 g/mol. The van der Waals surface area contributed by atoms with Crippen molar-refractivity contribution in [2.45, 2.75) is 25.9 Å². The van der Waals surface area contributed by atoms with Crippen molar-refractivity contribution in [1.82, 2.24) is 10.3 Å². The van der Waals surface area contributed by atoms with E-state index in [0.717, 1.165) is 34.7 Å². The van der Waals surface area contributed by atoms with Crippen LogP contribution in [0, 0.1) is 0 Å². The number of aromatic nitrogens is 1. The Hall–Kier alpha value is -3.23. The van der Waals surface area contributed by atoms with Gasteiger partial charge in [-0.1, -0.05) is 30.3 Å². The summed E-state index contributed by atoms with van der Waals surface area (Å²) in [6, 6.07) is 15.6. The van der Waals surface area contributed by atoms with Crippen molar-refractivity contribution < 1.29 is 19.1 Å². The predicted molar refractivity (Wildman–Crippen MR) is 129 cm³/mol. The molecule has 0 spiro atoms. The van der Waals surface area contributed by atoms with E-state index in [1.807, 2.05) is 53.9 Å². The molecule has 8 heteroatoms. The Labute approximate surface area is 197 Å². The third kappa shape index (κ3) is 5.58. The number of nitrogens with one attached hydrogen (secondary N) is 1. The summed E-state index contributed by atoms with van der Waals surface area (Å²) in [5.74, 6) is 0.134. The van der Waals surface area contributed by atoms with E-state index in [2.05, 4.69) is 10.3 Å². The number of carbonyl (C=O) groups is 2. The number of ether oxygens (including phenoxy) is 2. The van der Waals surface area contributed by atoms with Crippen LogP contribution in [0.3, 0.4) is 0 Å². The SMILES string of the molecule is COCCc1nc(-c2ccc3c(c2)N(CC(=O)NCCc2ccccc2)C(=O)C(C)O3)cs1. The molecule has 0 aliphatic carbocycles. The van der Waals surface area contributed by atoms with Gasteiger partial charge in [0.25, 0.3) is 5.91 Å². The number of methoxy groups -OCH3 is 1. The van der Waals surface area contributed by atoms with Gasteiger partial charge in [-0.15, -0.1) is 11.3 Å². The summed E-state index contributed by atoms with van der Waals surface area (Å²) in [6.45, 7) is 2.76. The van der Waals surface area contributed by atoms with Crippen LogP contribution in [0.1, 0.15) is 17.5 Å². The Balaban J connectivity index is 1.48. The molecule has 172 valence electrons. The van der Waals surface area contributed by atoms with E-state index in [4.69, 9.17) is 9.47 Å². The van der Waals surface area contributed by atoms with Crippen LogP contribution in [0.4, 0.5) is 5.69 Å². The number of amides is 2. The molecule has 3 aromatic rings. The lowest BCUT2D eigenvalue weighted by Crippen LogP contribution is -2.49. The molecule has 1 aromatic heterocycles. The second kappa shape index (κ2) is 10.6. The predicted octanol–water partition coefficient (Wildman–Crippen LogP) is 3.47. The first kappa shape index (κ1) is 22.9. The van der Waals surface area contributed by atoms with E-state index in [1.165, 1.54) is 4.90 Å². The molecule has 1 N–H and O–H groups in total. The van der Waals surface area contributed by atoms with E-state index in [1.54, 1.807) is 25.4 Å². The lowest BCUT2D eigenvalue weighted by Gasteiger charge is -2.32. The lowest BCUT2D eigenvalue weighted by atomic mass is 10.1. The summed E-state index contributed by atoms with van der Waals surface area (Å²) >= 11 is 1.57. The maximum atomic E-state index is 12.9. The van der Waals surface area contributed by atoms with Crippen LogP contribution in [0.25, 0.3) is 11.3 Å². The summed E-state index contributed by atoms with van der Waals surface area (Å²) in [7, 11) is 1.67. The minimum atomic E-state index is -0.652. The fourth-order valence-corrected chi connectivity index (χ4v) is 4.46. The zero-order valence-electron chi connectivity index (χ0n) is 18.7. The maximum absolute atomic E-state index is 12.9. The highest BCUT2D eigenvalue weighted by Gasteiger charge is 2.33. The summed E-state index contributed by atoms with van der Waals surface area (Å²) in [6.07, 6.45) is 0.830. The highest BCUT2D eigenvalue weighted by atomic mass is 32.1. The van der Waals surface area contributed by atoms with E-state index in [-0.39, 0.29) is 18.4 Å². The van der Waals surface area contributed by atoms with Crippen molar-refractivity contribution in [1.29, 1.82) is 0 Å². The van der Waals surface area contributed by atoms with Crippen molar-refractivity contribution in [3.63, 3.8) is 0 Å². The van der Waals surface area contributed by atoms with Gasteiger partial charge in [-0.25, -0.2) is 4.98 Å². The van der Waals surface area contributed by atoms with Gasteiger partial charge in [0.15, 0.2) is 6.10 Å². The molecule has 2 heterocycles. The van der Waals surface area contributed by atoms with Crippen LogP contribution < -0.4 is 15.0 Å². The molecule has 4 rings (SSSR count). The van der Waals surface area contributed by atoms with Gasteiger partial charge >= 0.3 is 0 Å². The number of hydrogen-bond donors (Lipinski definition) is 1. The van der Waals surface area contributed by atoms with Gasteiger partial charge in [-0.2, -0.15) is 0 Å². The molecular formula is C25H27N3O4S. The molecule has 0 saturated heterocycles. The van der Waals surface area contributed by atoms with Crippen molar-refractivity contribution in [2.75, 3.05) is 31.7 Å². The summed E-state index contributed by atoms with van der Waals surface area (Å²) in [5, 5.41) is 5.89. The standard InChI is InChI=1S/C25H27N3O4S/c1-17-25(30)28(15-23(29)26-12-10-18-6-4-3-5-7-18)21-14-19(8-9-22(21)32-17)20-16-33-24(27-20)11-13-31-2/h3-9,14,16-17H,10-13,15H2,1-2H3,(H,26,29). The molecule has 0 radical (unpaired) electrons. The molecule has 0 fully saturated rings. The normalized spacial score (nSPS) is 15.2. The van der Waals surface area contributed by atoms with E-state index in [9.17, 15) is 9.59 Å². The molecule has 1 aliphatic heterocycles. The third-order valence-corrected chi connectivity index (χ3v) is 6.32. The number of anilines is 1. The smallest absolute Gasteiger partial charge is 0.268 e. The molecule has 2 aromatic carbocycles. The summed E-state index contributed by atoms with van der Waals surface area (Å²) < 4.78 is 10.9. The molecule has 1 aliphatic rings. The number of thiazole rings is 1. The minimum absolute atomic E-state index is 0.0616. The van der Waals surface area contributed by atoms with Crippen LogP contribution in [-0.4, -0.2) is 49.7 Å². The average molecular weight is 466 g/mol. The molecule has 1 unspecified atom stereocenters. The largest absolute Gasteiger partial charge is 0.479 e. The van der Waals surface area contributed by atoms with Gasteiger partial charge in [0.05, 0.1) is 23.0 Å². The van der Waals surface area contributed by atoms with E-state index >= 15 is 0 Å². The molecule has 33 heavy (non-hydrogen) atoms. The minimum Gasteiger partial charge on any atom is -0.479 e. The number of carbonyl (C=O) groups excluding carboxylic acids is 2. The average Bonchev–Trinajstić information content (AvgIpc) is 3.30. The van der Waals surface area contributed by atoms with E-state index in [0.29, 0.717) is 24.6 Å². The fraction of sp³-hybridized carbons (Fsp3) is 0.320. The van der Waals surface area contributed by atoms with Crippen LogP contribution in [0.2, 0.25) is 0 Å². The number of benzene rings is 2. The molecule has 2 amide bonds. The first-order valence-corrected chi connectivity index (χ1v) is 11.8. The summed E-state index contributed by atoms with van der Waals surface area (Å²) in [5.41, 5.74) is 3.43. The third-order valence-electron chi connectivity index (χ3n) is 5.42. The Morgan fingerprint density at radius 3 is 2.82 bits per heavy atom. The maximum Gasteiger partial charge on any atom is 0.268 e. The van der Waals surface area contributed by atoms with Crippen molar-refractivity contribution in [3.05, 3.63) is 64.5 Å². The number of fused-ring (bicyclic) bond motifs is 1. The van der Waals surface area contributed by atoms with Gasteiger partial charge in [0.1, 0.15) is 12.3 Å². The van der Waals surface area contributed by atoms with Gasteiger partial charge in [0, 0.05) is 31.0 Å². The Morgan fingerprint density at radius 2 is 2.03 bits per heavy atom. The van der Waals surface area contributed by atoms with Crippen LogP contribution >= 0.6 is 11.3 Å². The van der Waals surface area contributed by atoms with Crippen molar-refractivity contribution >= 4 is 28.8 Å². The second-order valence-corrected chi connectivity index (χ2v) is 8.76. The van der Waals surface area contributed by atoms with Crippen LogP contribution in [0.15, 0.2) is 53.9 Å². The molecule has 1 atom stereocenters. The topological polar surface area (TPSA) is 80.8 Å². The van der Waals surface area contributed by atoms with Crippen molar-refractivity contribution in [2.24, 2.45) is 0 Å². The van der Waals surface area contributed by atoms with Crippen molar-refractivity contribution in [3.8, 4) is 17.0 Å². The van der Waals surface area contributed by atoms with Crippen LogP contribution in [0.5, 0.6) is 5.75 Å².